The van der Waals surface area contributed by atoms with E-state index in [0.29, 0.717) is 0 Å². The van der Waals surface area contributed by atoms with Crippen molar-refractivity contribution in [2.75, 3.05) is 30.2 Å². The number of fused-ring (bicyclic) bond motifs is 15. The van der Waals surface area contributed by atoms with Crippen LogP contribution in [0.4, 0.5) is 91.0 Å². The van der Waals surface area contributed by atoms with Gasteiger partial charge < -0.3 is 30.2 Å². The van der Waals surface area contributed by atoms with E-state index < -0.39 is 0 Å². The van der Waals surface area contributed by atoms with Gasteiger partial charge in [-0.25, -0.2) is 0 Å². The highest BCUT2D eigenvalue weighted by Gasteiger charge is 2.55. The third-order valence-corrected chi connectivity index (χ3v) is 21.4. The SMILES string of the molecule is c1ccc(-c2cc3c4c(c2)B2c5sc6c7c5N(c5ccccc5N7c5cccc7c5B6c5ccc(-c6ccccc6)c6c5N7c5cc(-c7ccccc7)cc(-c7ccccc7)c5N6)c5cccc(c52)N4c2cc(-c4ccccc4)cc(-c4ccccc4)c2N3)cc1. The highest BCUT2D eigenvalue weighted by atomic mass is 32.1. The van der Waals surface area contributed by atoms with Crippen molar-refractivity contribution in [2.45, 2.75) is 0 Å². The summed E-state index contributed by atoms with van der Waals surface area (Å²) in [6, 6.07) is 108. The minimum absolute atomic E-state index is 0.0992. The summed E-state index contributed by atoms with van der Waals surface area (Å²) in [6.45, 7) is -0.209. The van der Waals surface area contributed by atoms with Gasteiger partial charge in [0.25, 0.3) is 13.4 Å². The van der Waals surface area contributed by atoms with Crippen LogP contribution in [0.25, 0.3) is 66.8 Å². The smallest absolute Gasteiger partial charge is 0.264 e. The Hall–Kier alpha value is -11.5. The maximum Gasteiger partial charge on any atom is 0.264 e. The van der Waals surface area contributed by atoms with Crippen LogP contribution in [0.15, 0.2) is 291 Å². The van der Waals surface area contributed by atoms with Crippen LogP contribution in [0.2, 0.25) is 0 Å². The molecule has 0 amide bonds. The molecule has 9 heteroatoms. The molecule has 420 valence electrons. The van der Waals surface area contributed by atoms with Gasteiger partial charge in [0, 0.05) is 49.0 Å². The Bertz CT molecular complexity index is 5450. The summed E-state index contributed by atoms with van der Waals surface area (Å²) in [4.78, 5) is 10.6. The molecule has 0 saturated carbocycles. The van der Waals surface area contributed by atoms with E-state index in [2.05, 4.69) is 321 Å². The number of anilines is 16. The molecule has 21 rings (SSSR count). The van der Waals surface area contributed by atoms with Crippen LogP contribution in [0.5, 0.6) is 0 Å². The van der Waals surface area contributed by atoms with Crippen molar-refractivity contribution in [3.05, 3.63) is 291 Å². The molecular weight excluding hydrogens is 1120 g/mol. The molecule has 0 fully saturated rings. The van der Waals surface area contributed by atoms with Gasteiger partial charge in [-0.1, -0.05) is 224 Å². The summed E-state index contributed by atoms with van der Waals surface area (Å²) < 4.78 is 2.72. The van der Waals surface area contributed by atoms with Crippen molar-refractivity contribution in [2.24, 2.45) is 0 Å². The molecule has 1 aromatic heterocycles. The standard InChI is InChI=1S/C82H50B2N6S/c1-7-23-49(24-8-1)55-43-59(53-31-15-5-16-32-53)74-70(47-55)89-68-39-21-38-67-73(68)84(62-45-57(46-63(85-74)77(62)89)51-27-11-3-12-28-51)82-80-79-81(91-82)83-61-42-41-58(52-29-13-4-14-30-52)76-78(61)90(69-40-22-37-66(72(69)83)87(79)64-35-19-20-36-65(64)88(67)80)71-48-56(50-25-9-2-10-26-50)44-60(75(71)86-76)54-33-17-6-18-34-54/h1-48,85-86H. The van der Waals surface area contributed by atoms with E-state index in [4.69, 9.17) is 0 Å². The molecule has 13 aromatic carbocycles. The monoisotopic (exact) mass is 1170 g/mol. The molecule has 7 aliphatic rings. The average molecular weight is 1170 g/mol. The Morgan fingerprint density at radius 3 is 1.09 bits per heavy atom. The van der Waals surface area contributed by atoms with E-state index in [-0.39, 0.29) is 13.4 Å². The Kier molecular flexibility index (Phi) is 10.1. The predicted octanol–water partition coefficient (Wildman–Crippen LogP) is 18.3. The minimum Gasteiger partial charge on any atom is -0.352 e. The van der Waals surface area contributed by atoms with Crippen LogP contribution < -0.4 is 61.6 Å². The largest absolute Gasteiger partial charge is 0.352 e. The van der Waals surface area contributed by atoms with E-state index >= 15 is 0 Å². The van der Waals surface area contributed by atoms with E-state index in [9.17, 15) is 0 Å². The van der Waals surface area contributed by atoms with E-state index in [1.807, 2.05) is 11.3 Å². The second-order valence-corrected chi connectivity index (χ2v) is 25.9. The van der Waals surface area contributed by atoms with Crippen LogP contribution in [0.1, 0.15) is 0 Å². The summed E-state index contributed by atoms with van der Waals surface area (Å²) >= 11 is 2.04. The fourth-order valence-corrected chi connectivity index (χ4v) is 17.9. The lowest BCUT2D eigenvalue weighted by molar-refractivity contribution is 1.18. The zero-order valence-corrected chi connectivity index (χ0v) is 49.9. The van der Waals surface area contributed by atoms with Gasteiger partial charge in [-0.05, 0) is 139 Å². The van der Waals surface area contributed by atoms with Gasteiger partial charge in [0.05, 0.1) is 68.2 Å². The third kappa shape index (κ3) is 6.77. The normalized spacial score (nSPS) is 13.8. The van der Waals surface area contributed by atoms with E-state index in [0.717, 1.165) is 50.8 Å². The lowest BCUT2D eigenvalue weighted by Crippen LogP contribution is -2.61. The highest BCUT2D eigenvalue weighted by molar-refractivity contribution is 7.39. The van der Waals surface area contributed by atoms with Gasteiger partial charge in [-0.15, -0.1) is 0 Å². The lowest BCUT2D eigenvalue weighted by Gasteiger charge is -2.50. The van der Waals surface area contributed by atoms with Gasteiger partial charge in [0.1, 0.15) is 0 Å². The summed E-state index contributed by atoms with van der Waals surface area (Å²) in [5, 5.41) is 8.48. The molecule has 0 atom stereocenters. The fraction of sp³-hybridized carbons (Fsp3) is 0. The van der Waals surface area contributed by atoms with Crippen LogP contribution >= 0.6 is 11.3 Å². The quantitative estimate of drug-likeness (QED) is 0.162. The first-order valence-electron chi connectivity index (χ1n) is 31.5. The van der Waals surface area contributed by atoms with Crippen molar-refractivity contribution in [3.8, 4) is 66.8 Å². The van der Waals surface area contributed by atoms with Crippen LogP contribution in [-0.4, -0.2) is 13.4 Å². The van der Waals surface area contributed by atoms with Crippen LogP contribution in [-0.2, 0) is 0 Å². The molecular formula is C82H50B2N6S. The predicted molar refractivity (Wildman–Crippen MR) is 385 cm³/mol. The second-order valence-electron chi connectivity index (χ2n) is 24.8. The Labute approximate surface area is 532 Å². The van der Waals surface area contributed by atoms with Crippen LogP contribution in [0.3, 0.4) is 0 Å². The second kappa shape index (κ2) is 18.5. The molecule has 2 N–H and O–H groups in total. The minimum atomic E-state index is -0.110. The number of nitrogens with zero attached hydrogens (tertiary/aromatic N) is 4. The number of nitrogens with one attached hydrogen (secondary N) is 2. The summed E-state index contributed by atoms with van der Waals surface area (Å²) in [6.07, 6.45) is 0. The van der Waals surface area contributed by atoms with Gasteiger partial charge in [-0.2, -0.15) is 11.3 Å². The number of rotatable bonds is 6. The van der Waals surface area contributed by atoms with E-state index in [1.165, 1.54) is 138 Å². The Morgan fingerprint density at radius 2 is 0.615 bits per heavy atom. The Morgan fingerprint density at radius 1 is 0.242 bits per heavy atom. The molecule has 7 aliphatic heterocycles. The number of thiophene rings is 1. The van der Waals surface area contributed by atoms with Gasteiger partial charge in [0.2, 0.25) is 0 Å². The fourth-order valence-electron chi connectivity index (χ4n) is 16.4. The van der Waals surface area contributed by atoms with Crippen molar-refractivity contribution in [3.63, 3.8) is 0 Å². The van der Waals surface area contributed by atoms with Gasteiger partial charge >= 0.3 is 0 Å². The van der Waals surface area contributed by atoms with E-state index in [1.54, 1.807) is 0 Å². The first-order valence-corrected chi connectivity index (χ1v) is 32.3. The maximum atomic E-state index is 4.27. The van der Waals surface area contributed by atoms with Crippen molar-refractivity contribution >= 4 is 147 Å². The first kappa shape index (κ1) is 49.5. The zero-order valence-electron chi connectivity index (χ0n) is 49.1. The topological polar surface area (TPSA) is 37.0 Å². The van der Waals surface area contributed by atoms with Crippen molar-refractivity contribution in [1.82, 2.24) is 0 Å². The third-order valence-electron chi connectivity index (χ3n) is 20.1. The molecule has 91 heavy (non-hydrogen) atoms. The summed E-state index contributed by atoms with van der Waals surface area (Å²) in [7, 11) is 0. The Balaban J connectivity index is 0.845. The molecule has 0 spiro atoms. The zero-order chi connectivity index (χ0) is 59.2. The average Bonchev–Trinajstić information content (AvgIpc) is 1.63. The van der Waals surface area contributed by atoms with Crippen molar-refractivity contribution < 1.29 is 0 Å². The molecule has 0 radical (unpaired) electrons. The van der Waals surface area contributed by atoms with Gasteiger partial charge in [-0.3, -0.25) is 0 Å². The summed E-state index contributed by atoms with van der Waals surface area (Å²) in [5.41, 5.74) is 38.1. The maximum absolute atomic E-state index is 4.27. The molecule has 0 unspecified atom stereocenters. The van der Waals surface area contributed by atoms with Crippen molar-refractivity contribution in [1.29, 1.82) is 0 Å². The molecule has 0 bridgehead atoms. The van der Waals surface area contributed by atoms with Crippen LogP contribution in [0, 0.1) is 0 Å². The highest BCUT2D eigenvalue weighted by Crippen LogP contribution is 2.62. The lowest BCUT2D eigenvalue weighted by atomic mass is 9.35. The molecule has 14 aromatic rings. The first-order chi connectivity index (χ1) is 45.2. The number of hydrogen-bond donors (Lipinski definition) is 2. The molecule has 0 aliphatic carbocycles. The molecule has 8 heterocycles. The molecule has 0 saturated heterocycles. The number of hydrogen-bond acceptors (Lipinski definition) is 7. The number of para-hydroxylation sites is 2. The van der Waals surface area contributed by atoms with Gasteiger partial charge in [0.15, 0.2) is 0 Å². The molecule has 6 nitrogen and oxygen atoms in total. The number of benzene rings is 13. The summed E-state index contributed by atoms with van der Waals surface area (Å²) in [5.74, 6) is 0.